The van der Waals surface area contributed by atoms with Crippen LogP contribution in [-0.4, -0.2) is 29.8 Å². The van der Waals surface area contributed by atoms with E-state index in [1.807, 2.05) is 18.7 Å². The molecule has 0 bridgehead atoms. The van der Waals surface area contributed by atoms with E-state index in [0.717, 1.165) is 0 Å². The lowest BCUT2D eigenvalue weighted by atomic mass is 10.1. The van der Waals surface area contributed by atoms with Crippen molar-refractivity contribution in [2.75, 3.05) is 13.1 Å². The summed E-state index contributed by atoms with van der Waals surface area (Å²) < 4.78 is 0. The molecule has 0 fully saturated rings. The van der Waals surface area contributed by atoms with Gasteiger partial charge in [-0.15, -0.1) is 0 Å². The fraction of sp³-hybridized carbons (Fsp3) is 0.429. The molecule has 0 aliphatic heterocycles. The Kier molecular flexibility index (Phi) is 6.30. The Morgan fingerprint density at radius 3 is 2.63 bits per heavy atom. The predicted molar refractivity (Wildman–Crippen MR) is 77.7 cm³/mol. The molecule has 0 amide bonds. The second-order valence-corrected chi connectivity index (χ2v) is 5.36. The van der Waals surface area contributed by atoms with Crippen molar-refractivity contribution in [1.29, 1.82) is 5.26 Å². The first kappa shape index (κ1) is 16.0. The second-order valence-electron chi connectivity index (χ2n) is 4.52. The van der Waals surface area contributed by atoms with Gasteiger partial charge in [0.05, 0.1) is 17.6 Å². The van der Waals surface area contributed by atoms with Gasteiger partial charge in [0.1, 0.15) is 0 Å². The highest BCUT2D eigenvalue weighted by molar-refractivity contribution is 6.36. The van der Waals surface area contributed by atoms with Crippen LogP contribution in [0.15, 0.2) is 18.2 Å². The number of hydrogen-bond donors (Lipinski definition) is 0. The predicted octanol–water partition coefficient (Wildman–Crippen LogP) is 3.80. The first-order valence-electron chi connectivity index (χ1n) is 6.05. The number of Topliss-reactive ketones (excluding diaryl/α,β-unsaturated/α-hetero) is 1. The van der Waals surface area contributed by atoms with E-state index in [0.29, 0.717) is 28.6 Å². The molecule has 1 rings (SSSR count). The molecule has 5 heteroatoms. The van der Waals surface area contributed by atoms with Gasteiger partial charge in [-0.2, -0.15) is 5.26 Å². The maximum absolute atomic E-state index is 12.2. The van der Waals surface area contributed by atoms with Crippen LogP contribution in [0, 0.1) is 11.3 Å². The average Bonchev–Trinajstić information content (AvgIpc) is 2.33. The molecule has 0 unspecified atom stereocenters. The Morgan fingerprint density at radius 1 is 1.42 bits per heavy atom. The van der Waals surface area contributed by atoms with Crippen molar-refractivity contribution in [3.05, 3.63) is 33.8 Å². The summed E-state index contributed by atoms with van der Waals surface area (Å²) in [5.74, 6) is -0.0618. The van der Waals surface area contributed by atoms with E-state index in [2.05, 4.69) is 6.07 Å². The van der Waals surface area contributed by atoms with Gasteiger partial charge in [0.15, 0.2) is 5.78 Å². The maximum Gasteiger partial charge on any atom is 0.178 e. The fourth-order valence-electron chi connectivity index (χ4n) is 1.70. The molecular weight excluding hydrogens is 283 g/mol. The molecule has 0 atom stereocenters. The van der Waals surface area contributed by atoms with Crippen molar-refractivity contribution in [2.24, 2.45) is 0 Å². The number of carbonyl (C=O) groups is 1. The van der Waals surface area contributed by atoms with Crippen molar-refractivity contribution < 1.29 is 4.79 Å². The molecule has 0 radical (unpaired) electrons. The zero-order chi connectivity index (χ0) is 14.4. The van der Waals surface area contributed by atoms with E-state index in [1.54, 1.807) is 18.2 Å². The van der Waals surface area contributed by atoms with Crippen molar-refractivity contribution >= 4 is 29.0 Å². The highest BCUT2D eigenvalue weighted by atomic mass is 35.5. The number of carbonyl (C=O) groups excluding carboxylic acids is 1. The first-order valence-corrected chi connectivity index (χ1v) is 6.80. The third-order valence-electron chi connectivity index (χ3n) is 2.82. The van der Waals surface area contributed by atoms with Gasteiger partial charge in [-0.1, -0.05) is 23.2 Å². The van der Waals surface area contributed by atoms with Crippen LogP contribution in [0.4, 0.5) is 0 Å². The second kappa shape index (κ2) is 7.49. The summed E-state index contributed by atoms with van der Waals surface area (Å²) in [6.45, 7) is 4.81. The monoisotopic (exact) mass is 298 g/mol. The van der Waals surface area contributed by atoms with Crippen LogP contribution >= 0.6 is 23.2 Å². The fourth-order valence-corrected chi connectivity index (χ4v) is 2.21. The number of nitrogens with zero attached hydrogens (tertiary/aromatic N) is 2. The minimum absolute atomic E-state index is 0.0618. The normalized spacial score (nSPS) is 10.8. The standard InChI is InChI=1S/C14H16Cl2N2O/c1-10(2)18(7-3-6-17)9-14(19)12-5-4-11(15)8-13(12)16/h4-5,8,10H,3,7,9H2,1-2H3. The van der Waals surface area contributed by atoms with Crippen LogP contribution in [0.25, 0.3) is 0 Å². The van der Waals surface area contributed by atoms with E-state index in [9.17, 15) is 4.79 Å². The topological polar surface area (TPSA) is 44.1 Å². The molecule has 0 spiro atoms. The minimum atomic E-state index is -0.0618. The van der Waals surface area contributed by atoms with Gasteiger partial charge in [0.25, 0.3) is 0 Å². The van der Waals surface area contributed by atoms with Crippen molar-refractivity contribution in [2.45, 2.75) is 26.3 Å². The molecule has 0 aliphatic rings. The van der Waals surface area contributed by atoms with Crippen LogP contribution in [-0.2, 0) is 0 Å². The number of ketones is 1. The summed E-state index contributed by atoms with van der Waals surface area (Å²) in [5.41, 5.74) is 0.466. The van der Waals surface area contributed by atoms with E-state index in [-0.39, 0.29) is 18.4 Å². The number of hydrogen-bond acceptors (Lipinski definition) is 3. The van der Waals surface area contributed by atoms with Crippen molar-refractivity contribution in [3.63, 3.8) is 0 Å². The lowest BCUT2D eigenvalue weighted by Gasteiger charge is -2.24. The Bertz CT molecular complexity index is 495. The summed E-state index contributed by atoms with van der Waals surface area (Å²) in [5, 5.41) is 9.49. The van der Waals surface area contributed by atoms with Gasteiger partial charge >= 0.3 is 0 Å². The van der Waals surface area contributed by atoms with Crippen LogP contribution in [0.2, 0.25) is 10.0 Å². The largest absolute Gasteiger partial charge is 0.293 e. The molecule has 0 N–H and O–H groups in total. The van der Waals surface area contributed by atoms with Gasteiger partial charge in [-0.3, -0.25) is 9.69 Å². The third kappa shape index (κ3) is 4.83. The molecule has 1 aromatic rings. The molecule has 0 saturated heterocycles. The van der Waals surface area contributed by atoms with Crippen LogP contribution in [0.1, 0.15) is 30.6 Å². The van der Waals surface area contributed by atoms with Crippen LogP contribution in [0.3, 0.4) is 0 Å². The van der Waals surface area contributed by atoms with Gasteiger partial charge in [0.2, 0.25) is 0 Å². The zero-order valence-electron chi connectivity index (χ0n) is 11.0. The van der Waals surface area contributed by atoms with E-state index in [4.69, 9.17) is 28.5 Å². The number of benzene rings is 1. The molecule has 1 aromatic carbocycles. The molecule has 3 nitrogen and oxygen atoms in total. The SMILES string of the molecule is CC(C)N(CCC#N)CC(=O)c1ccc(Cl)cc1Cl. The highest BCUT2D eigenvalue weighted by Gasteiger charge is 2.17. The lowest BCUT2D eigenvalue weighted by Crippen LogP contribution is -2.36. The molecule has 0 heterocycles. The Hall–Kier alpha value is -1.08. The molecule has 0 aliphatic carbocycles. The quantitative estimate of drug-likeness (QED) is 0.750. The Labute approximate surface area is 123 Å². The maximum atomic E-state index is 12.2. The summed E-state index contributed by atoms with van der Waals surface area (Å²) in [6, 6.07) is 7.13. The number of nitriles is 1. The zero-order valence-corrected chi connectivity index (χ0v) is 12.5. The molecule has 102 valence electrons. The Morgan fingerprint density at radius 2 is 2.11 bits per heavy atom. The van der Waals surface area contributed by atoms with Crippen molar-refractivity contribution in [1.82, 2.24) is 4.90 Å². The molecule has 19 heavy (non-hydrogen) atoms. The van der Waals surface area contributed by atoms with Gasteiger partial charge in [-0.05, 0) is 32.0 Å². The van der Waals surface area contributed by atoms with Crippen molar-refractivity contribution in [3.8, 4) is 6.07 Å². The van der Waals surface area contributed by atoms with Gasteiger partial charge in [0, 0.05) is 29.6 Å². The van der Waals surface area contributed by atoms with Gasteiger partial charge < -0.3 is 0 Å². The third-order valence-corrected chi connectivity index (χ3v) is 3.37. The average molecular weight is 299 g/mol. The van der Waals surface area contributed by atoms with Crippen LogP contribution in [0.5, 0.6) is 0 Å². The van der Waals surface area contributed by atoms with Crippen LogP contribution < -0.4 is 0 Å². The summed E-state index contributed by atoms with van der Waals surface area (Å²) >= 11 is 11.8. The summed E-state index contributed by atoms with van der Waals surface area (Å²) in [4.78, 5) is 14.2. The van der Waals surface area contributed by atoms with E-state index >= 15 is 0 Å². The summed E-state index contributed by atoms with van der Waals surface area (Å²) in [7, 11) is 0. The molecule has 0 aromatic heterocycles. The number of rotatable bonds is 6. The number of halogens is 2. The lowest BCUT2D eigenvalue weighted by molar-refractivity contribution is 0.0908. The molecular formula is C14H16Cl2N2O. The highest BCUT2D eigenvalue weighted by Crippen LogP contribution is 2.21. The smallest absolute Gasteiger partial charge is 0.178 e. The van der Waals surface area contributed by atoms with E-state index in [1.165, 1.54) is 0 Å². The Balaban J connectivity index is 2.79. The minimum Gasteiger partial charge on any atom is -0.293 e. The van der Waals surface area contributed by atoms with E-state index < -0.39 is 0 Å². The first-order chi connectivity index (χ1) is 8.95. The van der Waals surface area contributed by atoms with Gasteiger partial charge in [-0.25, -0.2) is 0 Å². The summed E-state index contributed by atoms with van der Waals surface area (Å²) in [6.07, 6.45) is 0.403. The molecule has 0 saturated carbocycles.